The molecule has 2 aromatic rings. The molecule has 0 saturated heterocycles. The van der Waals surface area contributed by atoms with E-state index < -0.39 is 5.54 Å². The van der Waals surface area contributed by atoms with Crippen LogP contribution in [-0.4, -0.2) is 22.7 Å². The van der Waals surface area contributed by atoms with Crippen molar-refractivity contribution >= 4 is 24.0 Å². The fourth-order valence-electron chi connectivity index (χ4n) is 2.53. The molecule has 116 valence electrons. The van der Waals surface area contributed by atoms with Gasteiger partial charge in [0.1, 0.15) is 5.75 Å². The van der Waals surface area contributed by atoms with E-state index in [1.807, 2.05) is 0 Å². The molecule has 0 atom stereocenters. The van der Waals surface area contributed by atoms with Gasteiger partial charge in [0.2, 0.25) is 0 Å². The van der Waals surface area contributed by atoms with Crippen molar-refractivity contribution in [2.24, 2.45) is 5.73 Å². The van der Waals surface area contributed by atoms with E-state index in [2.05, 4.69) is 15.5 Å². The number of amides is 1. The first-order valence-corrected chi connectivity index (χ1v) is 6.84. The predicted octanol–water partition coefficient (Wildman–Crippen LogP) is 1.83. The third kappa shape index (κ3) is 2.32. The van der Waals surface area contributed by atoms with Gasteiger partial charge >= 0.3 is 0 Å². The number of fused-ring (bicyclic) bond motifs is 1. The van der Waals surface area contributed by atoms with E-state index in [0.29, 0.717) is 23.2 Å². The van der Waals surface area contributed by atoms with E-state index in [4.69, 9.17) is 15.0 Å². The first-order valence-electron chi connectivity index (χ1n) is 6.84. The van der Waals surface area contributed by atoms with Crippen molar-refractivity contribution in [3.05, 3.63) is 24.0 Å². The van der Waals surface area contributed by atoms with Gasteiger partial charge in [-0.25, -0.2) is 0 Å². The molecule has 1 aromatic carbocycles. The highest BCUT2D eigenvalue weighted by atomic mass is 35.5. The Morgan fingerprint density at radius 1 is 1.32 bits per heavy atom. The number of halogens is 1. The molecule has 3 N–H and O–H groups in total. The van der Waals surface area contributed by atoms with Crippen molar-refractivity contribution in [2.45, 2.75) is 24.8 Å². The lowest BCUT2D eigenvalue weighted by Crippen LogP contribution is -2.44. The van der Waals surface area contributed by atoms with E-state index in [1.54, 1.807) is 18.2 Å². The third-order valence-corrected chi connectivity index (χ3v) is 3.98. The number of anilines is 1. The van der Waals surface area contributed by atoms with E-state index >= 15 is 0 Å². The number of carbonyl (C=O) groups is 1. The molecule has 0 bridgehead atoms. The maximum Gasteiger partial charge on any atom is 0.262 e. The van der Waals surface area contributed by atoms with Crippen LogP contribution in [0.2, 0.25) is 0 Å². The minimum Gasteiger partial charge on any atom is -0.482 e. The molecular weight excluding hydrogens is 308 g/mol. The Balaban J connectivity index is 0.00000144. The van der Waals surface area contributed by atoms with Crippen LogP contribution in [0.4, 0.5) is 5.69 Å². The van der Waals surface area contributed by atoms with E-state index in [0.717, 1.165) is 24.8 Å². The van der Waals surface area contributed by atoms with Crippen LogP contribution in [-0.2, 0) is 10.3 Å². The van der Waals surface area contributed by atoms with Crippen LogP contribution in [0.5, 0.6) is 5.75 Å². The lowest BCUT2D eigenvalue weighted by atomic mass is 9.77. The average Bonchev–Trinajstić information content (AvgIpc) is 2.94. The van der Waals surface area contributed by atoms with Crippen LogP contribution < -0.4 is 15.8 Å². The summed E-state index contributed by atoms with van der Waals surface area (Å²) in [5.74, 6) is 1.39. The maximum absolute atomic E-state index is 11.2. The summed E-state index contributed by atoms with van der Waals surface area (Å²) in [6, 6.07) is 5.33. The van der Waals surface area contributed by atoms with Crippen LogP contribution in [0.1, 0.15) is 25.1 Å². The van der Waals surface area contributed by atoms with Gasteiger partial charge in [0.15, 0.2) is 12.4 Å². The van der Waals surface area contributed by atoms with Crippen molar-refractivity contribution in [2.75, 3.05) is 11.9 Å². The molecule has 0 radical (unpaired) electrons. The summed E-state index contributed by atoms with van der Waals surface area (Å²) in [4.78, 5) is 15.6. The fourth-order valence-corrected chi connectivity index (χ4v) is 2.53. The number of rotatable bonds is 2. The zero-order valence-corrected chi connectivity index (χ0v) is 12.5. The fraction of sp³-hybridized carbons (Fsp3) is 0.357. The highest BCUT2D eigenvalue weighted by Crippen LogP contribution is 2.38. The summed E-state index contributed by atoms with van der Waals surface area (Å²) in [5, 5.41) is 6.72. The number of carbonyl (C=O) groups excluding carboxylic acids is 1. The van der Waals surface area contributed by atoms with Gasteiger partial charge in [-0.2, -0.15) is 4.98 Å². The van der Waals surface area contributed by atoms with E-state index in [-0.39, 0.29) is 24.9 Å². The monoisotopic (exact) mass is 322 g/mol. The number of nitrogens with one attached hydrogen (secondary N) is 1. The first kappa shape index (κ1) is 14.8. The number of ether oxygens (including phenoxy) is 1. The van der Waals surface area contributed by atoms with E-state index in [9.17, 15) is 4.79 Å². The molecule has 0 unspecified atom stereocenters. The molecule has 1 amide bonds. The van der Waals surface area contributed by atoms with Gasteiger partial charge in [-0.1, -0.05) is 5.16 Å². The normalized spacial score (nSPS) is 18.3. The van der Waals surface area contributed by atoms with Crippen LogP contribution in [0.15, 0.2) is 22.7 Å². The van der Waals surface area contributed by atoms with Crippen molar-refractivity contribution in [3.63, 3.8) is 0 Å². The second-order valence-corrected chi connectivity index (χ2v) is 5.48. The molecule has 1 fully saturated rings. The van der Waals surface area contributed by atoms with Crippen molar-refractivity contribution < 1.29 is 14.1 Å². The number of hydrogen-bond donors (Lipinski definition) is 2. The quantitative estimate of drug-likeness (QED) is 0.874. The molecule has 1 aromatic heterocycles. The largest absolute Gasteiger partial charge is 0.482 e. The summed E-state index contributed by atoms with van der Waals surface area (Å²) < 4.78 is 10.7. The van der Waals surface area contributed by atoms with Crippen molar-refractivity contribution in [1.29, 1.82) is 0 Å². The number of nitrogens with two attached hydrogens (primary N) is 1. The summed E-state index contributed by atoms with van der Waals surface area (Å²) in [6.07, 6.45) is 2.85. The van der Waals surface area contributed by atoms with Gasteiger partial charge in [-0.15, -0.1) is 12.4 Å². The molecule has 4 rings (SSSR count). The lowest BCUT2D eigenvalue weighted by molar-refractivity contribution is -0.118. The lowest BCUT2D eigenvalue weighted by Gasteiger charge is -2.34. The van der Waals surface area contributed by atoms with Gasteiger partial charge < -0.3 is 20.3 Å². The third-order valence-electron chi connectivity index (χ3n) is 3.98. The topological polar surface area (TPSA) is 103 Å². The minimum atomic E-state index is -0.444. The molecule has 22 heavy (non-hydrogen) atoms. The summed E-state index contributed by atoms with van der Waals surface area (Å²) in [5.41, 5.74) is 7.13. The predicted molar refractivity (Wildman–Crippen MR) is 80.8 cm³/mol. The molecule has 1 aliphatic heterocycles. The molecular formula is C14H15ClN4O3. The standard InChI is InChI=1S/C14H14N4O3.ClH/c15-14(4-1-5-14)13-17-12(21-18-13)8-2-3-9-10(6-8)20-7-11(19)16-9;/h2-3,6H,1,4-5,7,15H2,(H,16,19);1H. The molecule has 1 aliphatic carbocycles. The molecule has 2 aliphatic rings. The van der Waals surface area contributed by atoms with Crippen molar-refractivity contribution in [3.8, 4) is 17.2 Å². The van der Waals surface area contributed by atoms with Gasteiger partial charge in [0, 0.05) is 5.56 Å². The number of aromatic nitrogens is 2. The minimum absolute atomic E-state index is 0. The van der Waals surface area contributed by atoms with Gasteiger partial charge in [-0.3, -0.25) is 4.79 Å². The van der Waals surface area contributed by atoms with Crippen LogP contribution in [0.25, 0.3) is 11.5 Å². The second-order valence-electron chi connectivity index (χ2n) is 5.48. The Kier molecular flexibility index (Phi) is 3.54. The smallest absolute Gasteiger partial charge is 0.262 e. The molecule has 0 spiro atoms. The molecule has 8 heteroatoms. The summed E-state index contributed by atoms with van der Waals surface area (Å²) in [7, 11) is 0. The number of hydrogen-bond acceptors (Lipinski definition) is 6. The Morgan fingerprint density at radius 3 is 2.86 bits per heavy atom. The molecule has 2 heterocycles. The van der Waals surface area contributed by atoms with Crippen molar-refractivity contribution in [1.82, 2.24) is 10.1 Å². The number of benzene rings is 1. The van der Waals surface area contributed by atoms with Crippen LogP contribution in [0.3, 0.4) is 0 Å². The SMILES string of the molecule is Cl.NC1(c2noc(-c3ccc4c(c3)OCC(=O)N4)n2)CCC1. The Morgan fingerprint density at radius 2 is 2.14 bits per heavy atom. The average molecular weight is 323 g/mol. The van der Waals surface area contributed by atoms with Crippen LogP contribution >= 0.6 is 12.4 Å². The highest BCUT2D eigenvalue weighted by Gasteiger charge is 2.39. The summed E-state index contributed by atoms with van der Waals surface area (Å²) in [6.45, 7) is 0.0114. The zero-order valence-electron chi connectivity index (χ0n) is 11.7. The summed E-state index contributed by atoms with van der Waals surface area (Å²) >= 11 is 0. The van der Waals surface area contributed by atoms with Gasteiger partial charge in [-0.05, 0) is 37.5 Å². The molecule has 1 saturated carbocycles. The maximum atomic E-state index is 11.2. The second kappa shape index (κ2) is 5.26. The van der Waals surface area contributed by atoms with Crippen LogP contribution in [0, 0.1) is 0 Å². The number of nitrogens with zero attached hydrogens (tertiary/aromatic N) is 2. The van der Waals surface area contributed by atoms with Gasteiger partial charge in [0.05, 0.1) is 11.2 Å². The first-order chi connectivity index (χ1) is 10.1. The molecule has 7 nitrogen and oxygen atoms in total. The Hall–Kier alpha value is -2.12. The highest BCUT2D eigenvalue weighted by molar-refractivity contribution is 5.95. The Bertz CT molecular complexity index is 727. The van der Waals surface area contributed by atoms with Gasteiger partial charge in [0.25, 0.3) is 11.8 Å². The zero-order chi connectivity index (χ0) is 14.4. The Labute approximate surface area is 132 Å². The van der Waals surface area contributed by atoms with E-state index in [1.165, 1.54) is 0 Å².